The van der Waals surface area contributed by atoms with Gasteiger partial charge in [-0.25, -0.2) is 0 Å². The van der Waals surface area contributed by atoms with E-state index in [1.165, 1.54) is 0 Å². The van der Waals surface area contributed by atoms with Gasteiger partial charge in [0, 0.05) is 30.3 Å². The number of hydrogen-bond acceptors (Lipinski definition) is 2. The zero-order chi connectivity index (χ0) is 16.6. The quantitative estimate of drug-likeness (QED) is 0.785. The number of allylic oxidation sites excluding steroid dienone is 1. The van der Waals surface area contributed by atoms with Crippen LogP contribution in [0.3, 0.4) is 0 Å². The molecule has 1 heterocycles. The van der Waals surface area contributed by atoms with Gasteiger partial charge in [0.15, 0.2) is 0 Å². The number of rotatable bonds is 2. The van der Waals surface area contributed by atoms with Gasteiger partial charge < -0.3 is 9.80 Å². The van der Waals surface area contributed by atoms with Gasteiger partial charge in [0.2, 0.25) is 5.91 Å². The summed E-state index contributed by atoms with van der Waals surface area (Å²) in [4.78, 5) is 28.9. The molecule has 120 valence electrons. The summed E-state index contributed by atoms with van der Waals surface area (Å²) in [7, 11) is 1.79. The van der Waals surface area contributed by atoms with Crippen LogP contribution in [0, 0.1) is 10.8 Å². The van der Waals surface area contributed by atoms with E-state index in [9.17, 15) is 9.59 Å². The summed E-state index contributed by atoms with van der Waals surface area (Å²) in [6.07, 6.45) is 0.852. The number of nitrogens with zero attached hydrogens (tertiary/aromatic N) is 2. The topological polar surface area (TPSA) is 40.6 Å². The van der Waals surface area contributed by atoms with E-state index in [1.54, 1.807) is 16.8 Å². The van der Waals surface area contributed by atoms with E-state index in [-0.39, 0.29) is 29.2 Å². The first-order chi connectivity index (χ1) is 9.41. The van der Waals surface area contributed by atoms with E-state index in [2.05, 4.69) is 20.8 Å². The maximum absolute atomic E-state index is 13.0. The molecule has 0 aromatic heterocycles. The molecular weight excluding hydrogens is 264 g/mol. The van der Waals surface area contributed by atoms with Crippen LogP contribution in [-0.2, 0) is 9.59 Å². The molecule has 4 heteroatoms. The molecule has 4 nitrogen and oxygen atoms in total. The van der Waals surface area contributed by atoms with Crippen molar-refractivity contribution in [1.29, 1.82) is 0 Å². The molecule has 1 aliphatic rings. The van der Waals surface area contributed by atoms with Gasteiger partial charge in [-0.2, -0.15) is 0 Å². The number of carbonyl (C=O) groups is 2. The molecule has 0 unspecified atom stereocenters. The normalized spacial score (nSPS) is 18.5. The molecule has 0 aromatic carbocycles. The lowest BCUT2D eigenvalue weighted by atomic mass is 9.77. The fourth-order valence-electron chi connectivity index (χ4n) is 2.90. The Hall–Kier alpha value is -1.32. The Morgan fingerprint density at radius 3 is 1.90 bits per heavy atom. The van der Waals surface area contributed by atoms with Gasteiger partial charge in [0.25, 0.3) is 5.91 Å². The lowest BCUT2D eigenvalue weighted by Crippen LogP contribution is -2.39. The number of hydrogen-bond donors (Lipinski definition) is 0. The average Bonchev–Trinajstić information content (AvgIpc) is 2.38. The van der Waals surface area contributed by atoms with E-state index >= 15 is 0 Å². The molecule has 1 aliphatic heterocycles. The molecule has 0 aliphatic carbocycles. The van der Waals surface area contributed by atoms with Crippen molar-refractivity contribution in [2.24, 2.45) is 10.8 Å². The first kappa shape index (κ1) is 17.7. The third-order valence-corrected chi connectivity index (χ3v) is 3.73. The molecule has 0 atom stereocenters. The van der Waals surface area contributed by atoms with Crippen molar-refractivity contribution in [2.45, 2.75) is 54.9 Å². The zero-order valence-electron chi connectivity index (χ0n) is 14.8. The largest absolute Gasteiger partial charge is 0.330 e. The molecule has 0 saturated carbocycles. The summed E-state index contributed by atoms with van der Waals surface area (Å²) in [6, 6.07) is 0. The molecular formula is C17H30N2O2. The average molecular weight is 294 g/mol. The van der Waals surface area contributed by atoms with E-state index in [0.717, 1.165) is 17.7 Å². The van der Waals surface area contributed by atoms with Crippen LogP contribution in [0.1, 0.15) is 54.9 Å². The van der Waals surface area contributed by atoms with Gasteiger partial charge in [0.1, 0.15) is 6.54 Å². The van der Waals surface area contributed by atoms with Gasteiger partial charge in [-0.05, 0) is 11.8 Å². The fraction of sp³-hybridized carbons (Fsp3) is 0.765. The number of likely N-dealkylation sites (N-methyl/N-ethyl adjacent to an activating group) is 1. The Kier molecular flexibility index (Phi) is 4.91. The van der Waals surface area contributed by atoms with Gasteiger partial charge >= 0.3 is 0 Å². The predicted molar refractivity (Wildman–Crippen MR) is 85.6 cm³/mol. The third-order valence-electron chi connectivity index (χ3n) is 3.73. The highest BCUT2D eigenvalue weighted by atomic mass is 16.2. The Bertz CT molecular complexity index is 464. The van der Waals surface area contributed by atoms with Crippen LogP contribution < -0.4 is 0 Å². The second-order valence-electron chi connectivity index (χ2n) is 7.90. The SMILES string of the molecule is CCCN1CC(=O)N(C)C(C(C)(C)C)=C(C(C)(C)C)C1=O. The summed E-state index contributed by atoms with van der Waals surface area (Å²) < 4.78 is 0. The van der Waals surface area contributed by atoms with Gasteiger partial charge in [-0.15, -0.1) is 0 Å². The summed E-state index contributed by atoms with van der Waals surface area (Å²) in [5.41, 5.74) is 1.05. The van der Waals surface area contributed by atoms with Crippen molar-refractivity contribution in [3.05, 3.63) is 11.3 Å². The van der Waals surface area contributed by atoms with Crippen LogP contribution in [0.15, 0.2) is 11.3 Å². The second-order valence-corrected chi connectivity index (χ2v) is 7.90. The van der Waals surface area contributed by atoms with E-state index in [4.69, 9.17) is 0 Å². The molecule has 21 heavy (non-hydrogen) atoms. The van der Waals surface area contributed by atoms with Gasteiger partial charge in [-0.3, -0.25) is 9.59 Å². The van der Waals surface area contributed by atoms with Crippen molar-refractivity contribution >= 4 is 11.8 Å². The van der Waals surface area contributed by atoms with Crippen LogP contribution in [0.2, 0.25) is 0 Å². The maximum Gasteiger partial charge on any atom is 0.252 e. The van der Waals surface area contributed by atoms with Crippen LogP contribution >= 0.6 is 0 Å². The predicted octanol–water partition coefficient (Wildman–Crippen LogP) is 3.04. The smallest absolute Gasteiger partial charge is 0.252 e. The van der Waals surface area contributed by atoms with Crippen LogP contribution in [-0.4, -0.2) is 41.8 Å². The molecule has 0 fully saturated rings. The first-order valence-corrected chi connectivity index (χ1v) is 7.72. The summed E-state index contributed by atoms with van der Waals surface area (Å²) >= 11 is 0. The van der Waals surface area contributed by atoms with Crippen molar-refractivity contribution in [1.82, 2.24) is 9.80 Å². The number of carbonyl (C=O) groups excluding carboxylic acids is 2. The Morgan fingerprint density at radius 1 is 1.00 bits per heavy atom. The summed E-state index contributed by atoms with van der Waals surface area (Å²) in [5, 5.41) is 0. The van der Waals surface area contributed by atoms with E-state index in [1.807, 2.05) is 27.7 Å². The number of amides is 2. The minimum absolute atomic E-state index is 0.00646. The molecule has 0 radical (unpaired) electrons. The maximum atomic E-state index is 13.0. The van der Waals surface area contributed by atoms with Crippen molar-refractivity contribution in [3.8, 4) is 0 Å². The minimum Gasteiger partial charge on any atom is -0.330 e. The highest BCUT2D eigenvalue weighted by molar-refractivity contribution is 6.00. The van der Waals surface area contributed by atoms with Crippen LogP contribution in [0.4, 0.5) is 0 Å². The fourth-order valence-corrected chi connectivity index (χ4v) is 2.90. The monoisotopic (exact) mass is 294 g/mol. The van der Waals surface area contributed by atoms with E-state index < -0.39 is 0 Å². The first-order valence-electron chi connectivity index (χ1n) is 7.72. The van der Waals surface area contributed by atoms with Crippen molar-refractivity contribution in [2.75, 3.05) is 20.1 Å². The molecule has 1 rings (SSSR count). The zero-order valence-corrected chi connectivity index (χ0v) is 14.8. The minimum atomic E-state index is -0.301. The molecule has 2 amide bonds. The molecule has 0 aromatic rings. The summed E-state index contributed by atoms with van der Waals surface area (Å²) in [5.74, 6) is -0.00653. The Morgan fingerprint density at radius 2 is 1.52 bits per heavy atom. The van der Waals surface area contributed by atoms with E-state index in [0.29, 0.717) is 6.54 Å². The highest BCUT2D eigenvalue weighted by Crippen LogP contribution is 2.40. The van der Waals surface area contributed by atoms with Crippen molar-refractivity contribution < 1.29 is 9.59 Å². The molecule has 0 spiro atoms. The summed E-state index contributed by atoms with van der Waals surface area (Å²) in [6.45, 7) is 15.1. The second kappa shape index (κ2) is 5.82. The molecule has 0 bridgehead atoms. The lowest BCUT2D eigenvalue weighted by molar-refractivity contribution is -0.135. The molecule has 0 saturated heterocycles. The van der Waals surface area contributed by atoms with Crippen molar-refractivity contribution in [3.63, 3.8) is 0 Å². The standard InChI is InChI=1S/C17H30N2O2/c1-9-10-19-11-12(20)18(8)14(17(5,6)7)13(15(19)21)16(2,3)4/h9-11H2,1-8H3. The van der Waals surface area contributed by atoms with Crippen LogP contribution in [0.5, 0.6) is 0 Å². The highest BCUT2D eigenvalue weighted by Gasteiger charge is 2.40. The lowest BCUT2D eigenvalue weighted by Gasteiger charge is -2.35. The Labute approximate surface area is 129 Å². The van der Waals surface area contributed by atoms with Gasteiger partial charge in [0.05, 0.1) is 0 Å². The molecule has 0 N–H and O–H groups in total. The third kappa shape index (κ3) is 3.66. The van der Waals surface area contributed by atoms with Gasteiger partial charge in [-0.1, -0.05) is 48.5 Å². The Balaban J connectivity index is 3.60. The van der Waals surface area contributed by atoms with Crippen LogP contribution in [0.25, 0.3) is 0 Å².